The van der Waals surface area contributed by atoms with Crippen LogP contribution in [0.25, 0.3) is 22.6 Å². The number of aryl methyl sites for hydroxylation is 2. The summed E-state index contributed by atoms with van der Waals surface area (Å²) in [7, 11) is 6.29. The van der Waals surface area contributed by atoms with Crippen LogP contribution in [-0.4, -0.2) is 90.1 Å². The molecule has 0 bridgehead atoms. The van der Waals surface area contributed by atoms with E-state index >= 15 is 0 Å². The molecule has 1 N–H and O–H groups in total. The van der Waals surface area contributed by atoms with Crippen LogP contribution < -0.4 is 10.2 Å². The lowest BCUT2D eigenvalue weighted by atomic mass is 10.1. The molecule has 31 heavy (non-hydrogen) atoms. The molecule has 1 aliphatic heterocycles. The summed E-state index contributed by atoms with van der Waals surface area (Å²) >= 11 is 0. The average molecular weight is 421 g/mol. The third-order valence-corrected chi connectivity index (χ3v) is 5.79. The normalized spacial score (nSPS) is 15.1. The van der Waals surface area contributed by atoms with E-state index in [0.717, 1.165) is 67.6 Å². The quantitative estimate of drug-likeness (QED) is 0.652. The Morgan fingerprint density at radius 3 is 2.26 bits per heavy atom. The van der Waals surface area contributed by atoms with Gasteiger partial charge in [0.15, 0.2) is 22.8 Å². The molecule has 0 amide bonds. The third kappa shape index (κ3) is 4.91. The summed E-state index contributed by atoms with van der Waals surface area (Å²) < 4.78 is 0. The van der Waals surface area contributed by atoms with E-state index in [0.29, 0.717) is 11.5 Å². The van der Waals surface area contributed by atoms with Crippen LogP contribution in [0.1, 0.15) is 11.4 Å². The van der Waals surface area contributed by atoms with Crippen LogP contribution in [0.2, 0.25) is 0 Å². The molecule has 164 valence electrons. The Hall–Kier alpha value is -2.84. The van der Waals surface area contributed by atoms with E-state index in [-0.39, 0.29) is 0 Å². The first kappa shape index (κ1) is 21.4. The van der Waals surface area contributed by atoms with Crippen LogP contribution in [0.5, 0.6) is 0 Å². The fraction of sp³-hybridized carbons (Fsp3) is 0.478. The third-order valence-electron chi connectivity index (χ3n) is 5.79. The predicted molar refractivity (Wildman–Crippen MR) is 127 cm³/mol. The molecule has 0 radical (unpaired) electrons. The van der Waals surface area contributed by atoms with E-state index in [1.807, 2.05) is 13.8 Å². The Balaban J connectivity index is 1.65. The zero-order valence-corrected chi connectivity index (χ0v) is 19.2. The van der Waals surface area contributed by atoms with Crippen molar-refractivity contribution in [1.82, 2.24) is 29.7 Å². The Morgan fingerprint density at radius 2 is 1.58 bits per heavy atom. The van der Waals surface area contributed by atoms with Crippen molar-refractivity contribution in [2.45, 2.75) is 13.8 Å². The first-order valence-electron chi connectivity index (χ1n) is 10.9. The van der Waals surface area contributed by atoms with Gasteiger partial charge in [-0.15, -0.1) is 0 Å². The number of rotatable bonds is 6. The lowest BCUT2D eigenvalue weighted by molar-refractivity contribution is 0.313. The highest BCUT2D eigenvalue weighted by atomic mass is 15.2. The number of aromatic nitrogens is 4. The molecule has 3 aromatic rings. The Morgan fingerprint density at radius 1 is 0.903 bits per heavy atom. The molecule has 0 aliphatic carbocycles. The summed E-state index contributed by atoms with van der Waals surface area (Å²) in [4.78, 5) is 25.9. The highest BCUT2D eigenvalue weighted by Crippen LogP contribution is 2.26. The molecule has 8 heteroatoms. The fourth-order valence-electron chi connectivity index (χ4n) is 3.65. The number of nitrogens with one attached hydrogen (secondary N) is 1. The summed E-state index contributed by atoms with van der Waals surface area (Å²) in [6, 6.07) is 8.54. The molecule has 8 nitrogen and oxygen atoms in total. The van der Waals surface area contributed by atoms with Crippen molar-refractivity contribution in [2.75, 3.05) is 70.6 Å². The van der Waals surface area contributed by atoms with Gasteiger partial charge >= 0.3 is 0 Å². The van der Waals surface area contributed by atoms with Gasteiger partial charge in [0.2, 0.25) is 0 Å². The van der Waals surface area contributed by atoms with Gasteiger partial charge in [-0.3, -0.25) is 0 Å². The first-order valence-corrected chi connectivity index (χ1v) is 10.9. The smallest absolute Gasteiger partial charge is 0.184 e. The zero-order chi connectivity index (χ0) is 22.0. The number of hydrogen-bond donors (Lipinski definition) is 1. The molecule has 4 rings (SSSR count). The minimum Gasteiger partial charge on any atom is -0.369 e. The molecule has 1 aromatic carbocycles. The number of benzene rings is 1. The second-order valence-corrected chi connectivity index (χ2v) is 8.53. The van der Waals surface area contributed by atoms with Crippen molar-refractivity contribution < 1.29 is 0 Å². The molecule has 1 aliphatic rings. The molecule has 1 fully saturated rings. The van der Waals surface area contributed by atoms with Crippen molar-refractivity contribution in [3.63, 3.8) is 0 Å². The monoisotopic (exact) mass is 420 g/mol. The van der Waals surface area contributed by atoms with Crippen molar-refractivity contribution in [1.29, 1.82) is 0 Å². The van der Waals surface area contributed by atoms with Gasteiger partial charge in [-0.25, -0.2) is 19.9 Å². The number of likely N-dealkylation sites (N-methyl/N-ethyl adjacent to an activating group) is 2. The van der Waals surface area contributed by atoms with Crippen LogP contribution in [0.4, 0.5) is 11.5 Å². The predicted octanol–water partition coefficient (Wildman–Crippen LogP) is 2.43. The van der Waals surface area contributed by atoms with E-state index in [4.69, 9.17) is 15.0 Å². The van der Waals surface area contributed by atoms with E-state index in [9.17, 15) is 0 Å². The average Bonchev–Trinajstić information content (AvgIpc) is 2.75. The van der Waals surface area contributed by atoms with Crippen molar-refractivity contribution in [2.24, 2.45) is 0 Å². The maximum Gasteiger partial charge on any atom is 0.184 e. The van der Waals surface area contributed by atoms with Crippen LogP contribution in [-0.2, 0) is 0 Å². The summed E-state index contributed by atoms with van der Waals surface area (Å²) in [6.45, 7) is 9.90. The molecule has 0 spiro atoms. The van der Waals surface area contributed by atoms with Crippen molar-refractivity contribution >= 4 is 22.7 Å². The lowest BCUT2D eigenvalue weighted by Crippen LogP contribution is -2.44. The molecule has 2 aromatic heterocycles. The van der Waals surface area contributed by atoms with Gasteiger partial charge in [-0.1, -0.05) is 0 Å². The number of fused-ring (bicyclic) bond motifs is 1. The molecule has 1 saturated heterocycles. The Kier molecular flexibility index (Phi) is 6.29. The molecular weight excluding hydrogens is 388 g/mol. The van der Waals surface area contributed by atoms with Gasteiger partial charge in [0.1, 0.15) is 0 Å². The van der Waals surface area contributed by atoms with Gasteiger partial charge in [0.05, 0.1) is 11.4 Å². The van der Waals surface area contributed by atoms with Gasteiger partial charge < -0.3 is 20.0 Å². The Bertz CT molecular complexity index is 1040. The second kappa shape index (κ2) is 9.11. The van der Waals surface area contributed by atoms with E-state index in [1.165, 1.54) is 5.69 Å². The SMILES string of the molecule is Cc1nc2nc(-c3ccc(N4CCN(C)CC4)cc3)nc(NCCN(C)C)c2nc1C. The van der Waals surface area contributed by atoms with Gasteiger partial charge in [-0.05, 0) is 59.3 Å². The van der Waals surface area contributed by atoms with Crippen molar-refractivity contribution in [3.05, 3.63) is 35.7 Å². The number of anilines is 2. The van der Waals surface area contributed by atoms with E-state index in [1.54, 1.807) is 0 Å². The van der Waals surface area contributed by atoms with Crippen LogP contribution >= 0.6 is 0 Å². The number of hydrogen-bond acceptors (Lipinski definition) is 8. The van der Waals surface area contributed by atoms with Crippen LogP contribution in [0, 0.1) is 13.8 Å². The fourth-order valence-corrected chi connectivity index (χ4v) is 3.65. The van der Waals surface area contributed by atoms with Crippen molar-refractivity contribution in [3.8, 4) is 11.4 Å². The molecule has 0 saturated carbocycles. The molecule has 3 heterocycles. The molecule has 0 unspecified atom stereocenters. The lowest BCUT2D eigenvalue weighted by Gasteiger charge is -2.34. The van der Waals surface area contributed by atoms with Crippen LogP contribution in [0.3, 0.4) is 0 Å². The summed E-state index contributed by atoms with van der Waals surface area (Å²) in [5, 5.41) is 3.43. The van der Waals surface area contributed by atoms with E-state index in [2.05, 4.69) is 70.4 Å². The Labute approximate surface area is 184 Å². The van der Waals surface area contributed by atoms with Gasteiger partial charge in [0.25, 0.3) is 0 Å². The first-order chi connectivity index (χ1) is 14.9. The van der Waals surface area contributed by atoms with Gasteiger partial charge in [0, 0.05) is 50.5 Å². The zero-order valence-electron chi connectivity index (χ0n) is 19.2. The van der Waals surface area contributed by atoms with Gasteiger partial charge in [-0.2, -0.15) is 0 Å². The maximum atomic E-state index is 4.83. The molecule has 0 atom stereocenters. The molecular formula is C23H32N8. The number of piperazine rings is 1. The largest absolute Gasteiger partial charge is 0.369 e. The topological polar surface area (TPSA) is 73.3 Å². The minimum absolute atomic E-state index is 0.628. The summed E-state index contributed by atoms with van der Waals surface area (Å²) in [5.41, 5.74) is 5.37. The summed E-state index contributed by atoms with van der Waals surface area (Å²) in [5.74, 6) is 1.41. The number of nitrogens with zero attached hydrogens (tertiary/aromatic N) is 7. The standard InChI is InChI=1S/C23H32N8/c1-16-17(2)26-23-20(25-16)22(24-10-11-29(3)4)27-21(28-23)18-6-8-19(9-7-18)31-14-12-30(5)13-15-31/h6-9H,10-15H2,1-5H3,(H,24,26,27,28). The minimum atomic E-state index is 0.628. The highest BCUT2D eigenvalue weighted by molar-refractivity contribution is 5.84. The maximum absolute atomic E-state index is 4.83. The second-order valence-electron chi connectivity index (χ2n) is 8.53. The summed E-state index contributed by atoms with van der Waals surface area (Å²) in [6.07, 6.45) is 0. The highest BCUT2D eigenvalue weighted by Gasteiger charge is 2.16. The van der Waals surface area contributed by atoms with Crippen LogP contribution in [0.15, 0.2) is 24.3 Å². The van der Waals surface area contributed by atoms with E-state index < -0.39 is 0 Å².